The van der Waals surface area contributed by atoms with E-state index in [9.17, 15) is 4.79 Å². The lowest BCUT2D eigenvalue weighted by molar-refractivity contribution is -0.124. The Morgan fingerprint density at radius 2 is 2.24 bits per heavy atom. The van der Waals surface area contributed by atoms with Crippen molar-refractivity contribution >= 4 is 5.91 Å². The maximum atomic E-state index is 12.0. The molecule has 2 aromatic heterocycles. The van der Waals surface area contributed by atoms with Crippen molar-refractivity contribution < 1.29 is 4.79 Å². The number of nitrogens with one attached hydrogen (secondary N) is 1. The number of nitrogens with zero attached hydrogens (tertiary/aromatic N) is 5. The van der Waals surface area contributed by atoms with E-state index >= 15 is 0 Å². The molecule has 0 spiro atoms. The minimum absolute atomic E-state index is 0.0371. The number of carbonyl (C=O) groups is 1. The van der Waals surface area contributed by atoms with Crippen LogP contribution in [0.2, 0.25) is 0 Å². The zero-order chi connectivity index (χ0) is 14.8. The molecule has 1 atom stereocenters. The third-order valence-electron chi connectivity index (χ3n) is 3.80. The van der Waals surface area contributed by atoms with Crippen molar-refractivity contribution in [1.82, 2.24) is 30.1 Å². The molecule has 1 fully saturated rings. The van der Waals surface area contributed by atoms with Gasteiger partial charge in [0.25, 0.3) is 0 Å². The maximum Gasteiger partial charge on any atom is 0.244 e. The van der Waals surface area contributed by atoms with Gasteiger partial charge in [0, 0.05) is 12.2 Å². The molecule has 1 aliphatic heterocycles. The fourth-order valence-electron chi connectivity index (χ4n) is 2.70. The molecule has 0 aliphatic carbocycles. The molecule has 112 valence electrons. The van der Waals surface area contributed by atoms with Crippen LogP contribution in [0.15, 0.2) is 12.3 Å². The van der Waals surface area contributed by atoms with E-state index in [1.165, 1.54) is 0 Å². The maximum absolute atomic E-state index is 12.0. The van der Waals surface area contributed by atoms with Gasteiger partial charge >= 0.3 is 0 Å². The van der Waals surface area contributed by atoms with Gasteiger partial charge in [-0.3, -0.25) is 9.48 Å². The Kier molecular flexibility index (Phi) is 3.72. The van der Waals surface area contributed by atoms with Crippen molar-refractivity contribution in [2.75, 3.05) is 6.54 Å². The fraction of sp³-hybridized carbons (Fsp3) is 0.571. The van der Waals surface area contributed by atoms with Gasteiger partial charge in [-0.2, -0.15) is 5.10 Å². The third kappa shape index (κ3) is 2.96. The number of amides is 1. The molecule has 7 nitrogen and oxygen atoms in total. The summed E-state index contributed by atoms with van der Waals surface area (Å²) < 4.78 is 3.58. The Morgan fingerprint density at radius 3 is 3.00 bits per heavy atom. The summed E-state index contributed by atoms with van der Waals surface area (Å²) >= 11 is 0. The van der Waals surface area contributed by atoms with E-state index in [1.807, 2.05) is 30.8 Å². The number of hydrogen-bond acceptors (Lipinski definition) is 4. The zero-order valence-electron chi connectivity index (χ0n) is 12.4. The van der Waals surface area contributed by atoms with E-state index in [-0.39, 0.29) is 11.9 Å². The average Bonchev–Trinajstić information content (AvgIpc) is 2.94. The Bertz CT molecular complexity index is 644. The molecule has 0 saturated carbocycles. The number of hydrogen-bond donors (Lipinski definition) is 1. The molecular formula is C14H20N6O. The highest BCUT2D eigenvalue weighted by Crippen LogP contribution is 2.17. The molecule has 1 aliphatic rings. The van der Waals surface area contributed by atoms with E-state index in [4.69, 9.17) is 0 Å². The molecule has 3 rings (SSSR count). The first kappa shape index (κ1) is 13.8. The molecular weight excluding hydrogens is 268 g/mol. The van der Waals surface area contributed by atoms with Crippen LogP contribution < -0.4 is 5.32 Å². The van der Waals surface area contributed by atoms with Gasteiger partial charge in [0.05, 0.1) is 18.4 Å². The van der Waals surface area contributed by atoms with Crippen molar-refractivity contribution in [2.45, 2.75) is 45.7 Å². The first-order valence-electron chi connectivity index (χ1n) is 7.33. The van der Waals surface area contributed by atoms with Crippen LogP contribution in [0, 0.1) is 13.8 Å². The molecule has 0 bridgehead atoms. The summed E-state index contributed by atoms with van der Waals surface area (Å²) in [6, 6.07) is 1.79. The molecule has 1 unspecified atom stereocenters. The molecule has 3 heterocycles. The van der Waals surface area contributed by atoms with Crippen LogP contribution in [-0.2, 0) is 11.3 Å². The van der Waals surface area contributed by atoms with Crippen LogP contribution in [0.25, 0.3) is 0 Å². The normalized spacial score (nSPS) is 19.3. The van der Waals surface area contributed by atoms with Crippen LogP contribution >= 0.6 is 0 Å². The van der Waals surface area contributed by atoms with Crippen molar-refractivity contribution in [3.05, 3.63) is 29.3 Å². The second-order valence-electron chi connectivity index (χ2n) is 5.58. The van der Waals surface area contributed by atoms with Crippen LogP contribution in [0.1, 0.15) is 42.4 Å². The summed E-state index contributed by atoms with van der Waals surface area (Å²) in [5, 5.41) is 15.6. The number of aromatic nitrogens is 5. The molecule has 2 aromatic rings. The Labute approximate surface area is 123 Å². The fourth-order valence-corrected chi connectivity index (χ4v) is 2.70. The summed E-state index contributed by atoms with van der Waals surface area (Å²) in [7, 11) is 0. The highest BCUT2D eigenvalue weighted by atomic mass is 16.2. The quantitative estimate of drug-likeness (QED) is 0.913. The summed E-state index contributed by atoms with van der Waals surface area (Å²) in [5.74, 6) is 0.0371. The molecule has 21 heavy (non-hydrogen) atoms. The van der Waals surface area contributed by atoms with Gasteiger partial charge in [0.2, 0.25) is 5.91 Å². The number of carbonyl (C=O) groups excluding carboxylic acids is 1. The highest BCUT2D eigenvalue weighted by Gasteiger charge is 2.23. The number of rotatable bonds is 3. The minimum atomic E-state index is -0.241. The highest BCUT2D eigenvalue weighted by molar-refractivity contribution is 5.80. The molecule has 1 amide bonds. The molecule has 0 aromatic carbocycles. The van der Waals surface area contributed by atoms with Crippen molar-refractivity contribution in [2.24, 2.45) is 0 Å². The van der Waals surface area contributed by atoms with E-state index in [2.05, 4.69) is 20.7 Å². The Balaban J connectivity index is 1.76. The SMILES string of the molecule is Cc1cc(C)n(Cc2cn(C3CCCCNC3=O)nn2)n1. The van der Waals surface area contributed by atoms with Crippen molar-refractivity contribution in [3.8, 4) is 0 Å². The summed E-state index contributed by atoms with van der Waals surface area (Å²) in [5.41, 5.74) is 2.90. The second kappa shape index (κ2) is 5.67. The largest absolute Gasteiger partial charge is 0.354 e. The van der Waals surface area contributed by atoms with Crippen LogP contribution in [0.4, 0.5) is 0 Å². The van der Waals surface area contributed by atoms with Crippen LogP contribution in [0.5, 0.6) is 0 Å². The molecule has 7 heteroatoms. The van der Waals surface area contributed by atoms with E-state index < -0.39 is 0 Å². The Hall–Kier alpha value is -2.18. The second-order valence-corrected chi connectivity index (χ2v) is 5.58. The van der Waals surface area contributed by atoms with Crippen molar-refractivity contribution in [1.29, 1.82) is 0 Å². The monoisotopic (exact) mass is 288 g/mol. The topological polar surface area (TPSA) is 77.6 Å². The van der Waals surface area contributed by atoms with Crippen LogP contribution in [-0.4, -0.2) is 37.2 Å². The van der Waals surface area contributed by atoms with E-state index in [0.29, 0.717) is 6.54 Å². The van der Waals surface area contributed by atoms with Gasteiger partial charge < -0.3 is 5.32 Å². The standard InChI is InChI=1S/C14H20N6O/c1-10-7-11(2)19(17-10)8-12-9-20(18-16-12)13-5-3-4-6-15-14(13)21/h7,9,13H,3-6,8H2,1-2H3,(H,15,21). The van der Waals surface area contributed by atoms with Crippen LogP contribution in [0.3, 0.4) is 0 Å². The lowest BCUT2D eigenvalue weighted by Gasteiger charge is -2.12. The van der Waals surface area contributed by atoms with E-state index in [0.717, 1.165) is 42.9 Å². The lowest BCUT2D eigenvalue weighted by atomic mass is 10.1. The molecule has 1 N–H and O–H groups in total. The predicted octanol–water partition coefficient (Wildman–Crippen LogP) is 0.981. The van der Waals surface area contributed by atoms with Gasteiger partial charge in [0.1, 0.15) is 11.7 Å². The van der Waals surface area contributed by atoms with Crippen molar-refractivity contribution in [3.63, 3.8) is 0 Å². The molecule has 0 radical (unpaired) electrons. The average molecular weight is 288 g/mol. The first-order valence-corrected chi connectivity index (χ1v) is 7.33. The van der Waals surface area contributed by atoms with Gasteiger partial charge in [0.15, 0.2) is 0 Å². The van der Waals surface area contributed by atoms with Gasteiger partial charge in [-0.05, 0) is 39.2 Å². The van der Waals surface area contributed by atoms with Gasteiger partial charge in [-0.15, -0.1) is 5.10 Å². The Morgan fingerprint density at radius 1 is 1.38 bits per heavy atom. The van der Waals surface area contributed by atoms with E-state index in [1.54, 1.807) is 4.68 Å². The number of aryl methyl sites for hydroxylation is 2. The summed E-state index contributed by atoms with van der Waals surface area (Å²) in [4.78, 5) is 12.0. The third-order valence-corrected chi connectivity index (χ3v) is 3.80. The zero-order valence-corrected chi connectivity index (χ0v) is 12.4. The van der Waals surface area contributed by atoms with Gasteiger partial charge in [-0.25, -0.2) is 4.68 Å². The summed E-state index contributed by atoms with van der Waals surface area (Å²) in [6.45, 7) is 5.32. The predicted molar refractivity (Wildman–Crippen MR) is 76.7 cm³/mol. The smallest absolute Gasteiger partial charge is 0.244 e. The lowest BCUT2D eigenvalue weighted by Crippen LogP contribution is -2.31. The first-order chi connectivity index (χ1) is 10.1. The minimum Gasteiger partial charge on any atom is -0.354 e. The summed E-state index contributed by atoms with van der Waals surface area (Å²) in [6.07, 6.45) is 4.71. The molecule has 1 saturated heterocycles. The van der Waals surface area contributed by atoms with Gasteiger partial charge in [-0.1, -0.05) is 5.21 Å².